The second kappa shape index (κ2) is 11.9. The van der Waals surface area contributed by atoms with Gasteiger partial charge in [0.25, 0.3) is 0 Å². The number of hydrogen-bond donors (Lipinski definition) is 0. The molecule has 0 atom stereocenters. The van der Waals surface area contributed by atoms with Crippen molar-refractivity contribution in [3.8, 4) is 67.4 Å². The highest BCUT2D eigenvalue weighted by atomic mass is 15.0. The first-order chi connectivity index (χ1) is 25.3. The molecule has 0 radical (unpaired) electrons. The molecule has 4 heteroatoms. The van der Waals surface area contributed by atoms with Crippen molar-refractivity contribution in [2.24, 2.45) is 0 Å². The van der Waals surface area contributed by atoms with Crippen LogP contribution in [0.15, 0.2) is 182 Å². The van der Waals surface area contributed by atoms with Crippen LogP contribution in [0.25, 0.3) is 94.9 Å². The molecule has 0 aliphatic rings. The van der Waals surface area contributed by atoms with E-state index in [4.69, 9.17) is 15.0 Å². The van der Waals surface area contributed by atoms with Crippen LogP contribution in [0.1, 0.15) is 0 Å². The highest BCUT2D eigenvalue weighted by Gasteiger charge is 2.19. The van der Waals surface area contributed by atoms with Crippen molar-refractivity contribution >= 4 is 27.5 Å². The van der Waals surface area contributed by atoms with Gasteiger partial charge in [0.05, 0.1) is 28.1 Å². The smallest absolute Gasteiger partial charge is 0.160 e. The Morgan fingerprint density at radius 2 is 0.843 bits per heavy atom. The van der Waals surface area contributed by atoms with Crippen molar-refractivity contribution in [1.29, 1.82) is 0 Å². The molecule has 0 saturated carbocycles. The van der Waals surface area contributed by atoms with E-state index in [0.717, 1.165) is 61.6 Å². The molecule has 0 N–H and O–H groups in total. The Morgan fingerprint density at radius 1 is 0.333 bits per heavy atom. The molecular weight excluding hydrogens is 621 g/mol. The van der Waals surface area contributed by atoms with E-state index in [1.165, 1.54) is 27.4 Å². The van der Waals surface area contributed by atoms with Gasteiger partial charge in [-0.3, -0.25) is 4.40 Å². The minimum absolute atomic E-state index is 0.707. The third kappa shape index (κ3) is 5.04. The number of benzene rings is 6. The number of nitrogens with zero attached hydrogens (tertiary/aromatic N) is 4. The summed E-state index contributed by atoms with van der Waals surface area (Å²) in [5.41, 5.74) is 15.0. The molecule has 10 rings (SSSR count). The molecule has 4 nitrogen and oxygen atoms in total. The van der Waals surface area contributed by atoms with Crippen molar-refractivity contribution in [2.75, 3.05) is 0 Å². The molecule has 0 saturated heterocycles. The zero-order chi connectivity index (χ0) is 33.7. The fourth-order valence-corrected chi connectivity index (χ4v) is 7.25. The van der Waals surface area contributed by atoms with Gasteiger partial charge < -0.3 is 0 Å². The maximum absolute atomic E-state index is 5.07. The lowest BCUT2D eigenvalue weighted by atomic mass is 9.99. The normalized spacial score (nSPS) is 11.5. The molecule has 0 amide bonds. The predicted molar refractivity (Wildman–Crippen MR) is 210 cm³/mol. The lowest BCUT2D eigenvalue weighted by molar-refractivity contribution is 1.18. The number of hydrogen-bond acceptors (Lipinski definition) is 3. The summed E-state index contributed by atoms with van der Waals surface area (Å²) < 4.78 is 2.30. The van der Waals surface area contributed by atoms with E-state index in [9.17, 15) is 0 Å². The van der Waals surface area contributed by atoms with Crippen LogP contribution in [-0.2, 0) is 0 Å². The van der Waals surface area contributed by atoms with Crippen molar-refractivity contribution in [2.45, 2.75) is 0 Å². The third-order valence-corrected chi connectivity index (χ3v) is 9.80. The van der Waals surface area contributed by atoms with Crippen molar-refractivity contribution in [3.05, 3.63) is 182 Å². The van der Waals surface area contributed by atoms with Crippen LogP contribution in [0.2, 0.25) is 0 Å². The number of pyridine rings is 1. The van der Waals surface area contributed by atoms with Crippen LogP contribution in [0, 0.1) is 0 Å². The molecular formula is C47H30N4. The largest absolute Gasteiger partial charge is 0.292 e. The van der Waals surface area contributed by atoms with Gasteiger partial charge >= 0.3 is 0 Å². The van der Waals surface area contributed by atoms with E-state index in [1.807, 2.05) is 30.3 Å². The van der Waals surface area contributed by atoms with E-state index < -0.39 is 0 Å². The van der Waals surface area contributed by atoms with Crippen LogP contribution >= 0.6 is 0 Å². The maximum atomic E-state index is 5.07. The Bertz CT molecular complexity index is 2810. The van der Waals surface area contributed by atoms with Gasteiger partial charge in [0.1, 0.15) is 5.65 Å². The summed E-state index contributed by atoms with van der Waals surface area (Å²) in [5, 5.41) is 2.43. The maximum Gasteiger partial charge on any atom is 0.160 e. The van der Waals surface area contributed by atoms with Crippen LogP contribution < -0.4 is 0 Å². The Labute approximate surface area is 295 Å². The average Bonchev–Trinajstić information content (AvgIpc) is 3.77. The van der Waals surface area contributed by atoms with Gasteiger partial charge in [-0.15, -0.1) is 0 Å². The van der Waals surface area contributed by atoms with Gasteiger partial charge in [-0.1, -0.05) is 158 Å². The second-order valence-electron chi connectivity index (χ2n) is 12.9. The molecule has 0 unspecified atom stereocenters. The lowest BCUT2D eigenvalue weighted by Gasteiger charge is -2.11. The Kier molecular flexibility index (Phi) is 6.78. The van der Waals surface area contributed by atoms with E-state index in [0.29, 0.717) is 5.82 Å². The first-order valence-electron chi connectivity index (χ1n) is 17.2. The standard InChI is InChI=1S/C47H30N4/c1-4-11-31(12-5-1)32-19-23-34(24-20-32)41-30-42(49-47(48-41)37-15-8-3-9-16-37)35-25-21-33(22-26-35)38-27-28-39-40(29-38)46-45(36-13-6-2-7-14-36)50-44-18-10-17-43(39)51(44)46/h1-30H. The number of fused-ring (bicyclic) bond motifs is 3. The average molecular weight is 651 g/mol. The summed E-state index contributed by atoms with van der Waals surface area (Å²) in [6.07, 6.45) is 0. The van der Waals surface area contributed by atoms with Crippen LogP contribution in [-0.4, -0.2) is 19.4 Å². The van der Waals surface area contributed by atoms with Crippen LogP contribution in [0.4, 0.5) is 0 Å². The molecule has 6 aromatic carbocycles. The minimum atomic E-state index is 0.707. The summed E-state index contributed by atoms with van der Waals surface area (Å²) in [6, 6.07) is 63.8. The first-order valence-corrected chi connectivity index (χ1v) is 17.2. The monoisotopic (exact) mass is 650 g/mol. The van der Waals surface area contributed by atoms with E-state index >= 15 is 0 Å². The Balaban J connectivity index is 1.05. The number of imidazole rings is 1. The molecule has 0 spiro atoms. The fraction of sp³-hybridized carbons (Fsp3) is 0. The first kappa shape index (κ1) is 29.0. The molecule has 4 aromatic heterocycles. The van der Waals surface area contributed by atoms with Gasteiger partial charge in [-0.2, -0.15) is 0 Å². The van der Waals surface area contributed by atoms with Crippen molar-refractivity contribution < 1.29 is 0 Å². The number of aromatic nitrogens is 4. The SMILES string of the molecule is c1ccc(-c2ccc(-c3cc(-c4ccc(-c5ccc6c(c5)c5c(-c7ccccc7)nc7cccc6n75)cc4)nc(-c4ccccc4)n3)cc2)cc1. The summed E-state index contributed by atoms with van der Waals surface area (Å²) in [7, 11) is 0. The van der Waals surface area contributed by atoms with Gasteiger partial charge in [-0.25, -0.2) is 15.0 Å². The third-order valence-electron chi connectivity index (χ3n) is 9.80. The van der Waals surface area contributed by atoms with Gasteiger partial charge in [0.2, 0.25) is 0 Å². The van der Waals surface area contributed by atoms with Crippen molar-refractivity contribution in [3.63, 3.8) is 0 Å². The molecule has 51 heavy (non-hydrogen) atoms. The second-order valence-corrected chi connectivity index (χ2v) is 12.9. The fourth-order valence-electron chi connectivity index (χ4n) is 7.25. The zero-order valence-corrected chi connectivity index (χ0v) is 27.6. The molecule has 10 aromatic rings. The quantitative estimate of drug-likeness (QED) is 0.180. The number of rotatable bonds is 6. The molecule has 238 valence electrons. The molecule has 0 bridgehead atoms. The van der Waals surface area contributed by atoms with Crippen LogP contribution in [0.3, 0.4) is 0 Å². The summed E-state index contributed by atoms with van der Waals surface area (Å²) in [6.45, 7) is 0. The Morgan fingerprint density at radius 3 is 1.47 bits per heavy atom. The van der Waals surface area contributed by atoms with Gasteiger partial charge in [0, 0.05) is 33.0 Å². The van der Waals surface area contributed by atoms with Gasteiger partial charge in [0.15, 0.2) is 5.82 Å². The Hall–Kier alpha value is -6.91. The summed E-state index contributed by atoms with van der Waals surface area (Å²) >= 11 is 0. The zero-order valence-electron chi connectivity index (χ0n) is 27.6. The van der Waals surface area contributed by atoms with E-state index in [-0.39, 0.29) is 0 Å². The van der Waals surface area contributed by atoms with Crippen molar-refractivity contribution in [1.82, 2.24) is 19.4 Å². The predicted octanol–water partition coefficient (Wildman–Crippen LogP) is 11.9. The topological polar surface area (TPSA) is 43.1 Å². The van der Waals surface area contributed by atoms with E-state index in [2.05, 4.69) is 156 Å². The van der Waals surface area contributed by atoms with E-state index in [1.54, 1.807) is 0 Å². The van der Waals surface area contributed by atoms with Gasteiger partial charge in [-0.05, 0) is 46.5 Å². The summed E-state index contributed by atoms with van der Waals surface area (Å²) in [4.78, 5) is 15.2. The highest BCUT2D eigenvalue weighted by molar-refractivity contribution is 6.14. The molecule has 0 fully saturated rings. The molecule has 4 heterocycles. The minimum Gasteiger partial charge on any atom is -0.292 e. The summed E-state index contributed by atoms with van der Waals surface area (Å²) in [5.74, 6) is 0.707. The highest BCUT2D eigenvalue weighted by Crippen LogP contribution is 2.39. The molecule has 0 aliphatic carbocycles. The molecule has 0 aliphatic heterocycles. The van der Waals surface area contributed by atoms with Crippen LogP contribution in [0.5, 0.6) is 0 Å². The lowest BCUT2D eigenvalue weighted by Crippen LogP contribution is -1.96.